The molecule has 0 aromatic rings. The third-order valence-corrected chi connectivity index (χ3v) is 4.33. The van der Waals surface area contributed by atoms with Crippen LogP contribution in [-0.2, 0) is 14.9 Å². The largest absolute Gasteiger partial charge is 1.00 e. The Morgan fingerprint density at radius 3 is 1.90 bits per heavy atom. The minimum atomic E-state index is -4.18. The molecular formula is C14H30NNaO4S. The molecule has 0 aliphatic rings. The van der Waals surface area contributed by atoms with Crippen LogP contribution in [-0.4, -0.2) is 24.3 Å². The van der Waals surface area contributed by atoms with Crippen molar-refractivity contribution < 1.29 is 48.7 Å². The standard InChI is InChI=1S/C14H29NO4S.Na.H/c1-3-4-5-6-7-8-9-10-11-12-14(16)15-13(2)20(17,18)19;;/h13H,3-12H2,1-2H3,(H,15,16)(H,17,18,19);;/q;+1;-1. The maximum atomic E-state index is 11.4. The predicted octanol–water partition coefficient (Wildman–Crippen LogP) is 0.374. The van der Waals surface area contributed by atoms with Crippen LogP contribution < -0.4 is 34.9 Å². The predicted molar refractivity (Wildman–Crippen MR) is 82.1 cm³/mol. The molecule has 7 heteroatoms. The number of rotatable bonds is 12. The Hall–Kier alpha value is 0.380. The summed E-state index contributed by atoms with van der Waals surface area (Å²) < 4.78 is 30.2. The van der Waals surface area contributed by atoms with Gasteiger partial charge in [0.05, 0.1) is 0 Å². The molecule has 0 fully saturated rings. The van der Waals surface area contributed by atoms with Gasteiger partial charge in [0.2, 0.25) is 5.91 Å². The van der Waals surface area contributed by atoms with Gasteiger partial charge >= 0.3 is 29.6 Å². The van der Waals surface area contributed by atoms with E-state index in [-0.39, 0.29) is 36.9 Å². The third-order valence-electron chi connectivity index (χ3n) is 3.32. The average Bonchev–Trinajstić information content (AvgIpc) is 2.35. The Bertz CT molecular complexity index is 366. The monoisotopic (exact) mass is 331 g/mol. The summed E-state index contributed by atoms with van der Waals surface area (Å²) in [6.45, 7) is 3.46. The van der Waals surface area contributed by atoms with Crippen LogP contribution in [0.25, 0.3) is 0 Å². The van der Waals surface area contributed by atoms with Crippen molar-refractivity contribution in [3.05, 3.63) is 0 Å². The van der Waals surface area contributed by atoms with Crippen molar-refractivity contribution in [1.82, 2.24) is 5.32 Å². The van der Waals surface area contributed by atoms with Crippen LogP contribution in [0.3, 0.4) is 0 Å². The number of hydrogen-bond acceptors (Lipinski definition) is 3. The van der Waals surface area contributed by atoms with E-state index < -0.39 is 15.5 Å². The second-order valence-electron chi connectivity index (χ2n) is 5.30. The summed E-state index contributed by atoms with van der Waals surface area (Å²) in [6.07, 6.45) is 10.8. The van der Waals surface area contributed by atoms with Crippen LogP contribution in [0.5, 0.6) is 0 Å². The smallest absolute Gasteiger partial charge is 1.00 e. The molecule has 0 bridgehead atoms. The van der Waals surface area contributed by atoms with Gasteiger partial charge in [-0.3, -0.25) is 9.35 Å². The summed E-state index contributed by atoms with van der Waals surface area (Å²) in [5.74, 6) is -0.321. The van der Waals surface area contributed by atoms with E-state index in [4.69, 9.17) is 4.55 Å². The first kappa shape index (κ1) is 23.6. The maximum absolute atomic E-state index is 11.4. The van der Waals surface area contributed by atoms with Gasteiger partial charge in [-0.1, -0.05) is 58.3 Å². The first-order valence-electron chi connectivity index (χ1n) is 7.63. The van der Waals surface area contributed by atoms with Gasteiger partial charge in [0.15, 0.2) is 5.37 Å². The van der Waals surface area contributed by atoms with Crippen molar-refractivity contribution >= 4 is 16.0 Å². The molecule has 0 saturated heterocycles. The van der Waals surface area contributed by atoms with E-state index in [1.807, 2.05) is 0 Å². The summed E-state index contributed by atoms with van der Waals surface area (Å²) in [7, 11) is -4.18. The van der Waals surface area contributed by atoms with Crippen LogP contribution in [0, 0.1) is 0 Å². The Morgan fingerprint density at radius 2 is 1.48 bits per heavy atom. The van der Waals surface area contributed by atoms with Gasteiger partial charge < -0.3 is 6.74 Å². The van der Waals surface area contributed by atoms with Crippen LogP contribution in [0.15, 0.2) is 0 Å². The summed E-state index contributed by atoms with van der Waals surface area (Å²) in [5.41, 5.74) is 0. The quantitative estimate of drug-likeness (QED) is 0.307. The molecule has 0 saturated carbocycles. The molecule has 1 unspecified atom stereocenters. The third kappa shape index (κ3) is 15.1. The Balaban J connectivity index is -0.00000180. The first-order chi connectivity index (χ1) is 9.38. The molecule has 2 N–H and O–H groups in total. The normalized spacial score (nSPS) is 12.5. The van der Waals surface area contributed by atoms with Gasteiger partial charge in [-0.25, -0.2) is 0 Å². The van der Waals surface area contributed by atoms with Gasteiger partial charge in [-0.05, 0) is 13.3 Å². The van der Waals surface area contributed by atoms with Crippen LogP contribution in [0.4, 0.5) is 0 Å². The minimum Gasteiger partial charge on any atom is -1.00 e. The number of unbranched alkanes of at least 4 members (excludes halogenated alkanes) is 8. The minimum absolute atomic E-state index is 0. The van der Waals surface area contributed by atoms with Crippen molar-refractivity contribution in [3.63, 3.8) is 0 Å². The molecule has 0 spiro atoms. The van der Waals surface area contributed by atoms with Gasteiger partial charge in [0.1, 0.15) is 0 Å². The second-order valence-corrected chi connectivity index (χ2v) is 7.04. The molecule has 21 heavy (non-hydrogen) atoms. The molecule has 0 aromatic heterocycles. The number of nitrogens with one attached hydrogen (secondary N) is 1. The van der Waals surface area contributed by atoms with Crippen molar-refractivity contribution in [1.29, 1.82) is 0 Å². The number of amides is 1. The van der Waals surface area contributed by atoms with Gasteiger partial charge in [0.25, 0.3) is 10.1 Å². The van der Waals surface area contributed by atoms with Crippen molar-refractivity contribution in [2.24, 2.45) is 0 Å². The second kappa shape index (κ2) is 14.0. The molecule has 0 heterocycles. The average molecular weight is 331 g/mol. The molecule has 0 aliphatic carbocycles. The van der Waals surface area contributed by atoms with Gasteiger partial charge in [-0.15, -0.1) is 0 Å². The molecule has 0 aromatic carbocycles. The van der Waals surface area contributed by atoms with E-state index in [1.54, 1.807) is 0 Å². The molecule has 0 radical (unpaired) electrons. The van der Waals surface area contributed by atoms with E-state index in [2.05, 4.69) is 12.2 Å². The molecular weight excluding hydrogens is 301 g/mol. The van der Waals surface area contributed by atoms with E-state index in [0.717, 1.165) is 19.3 Å². The SMILES string of the molecule is CCCCCCCCCCCC(=O)NC(C)S(=O)(=O)O.[H-].[Na+]. The fourth-order valence-corrected chi connectivity index (χ4v) is 2.25. The van der Waals surface area contributed by atoms with Gasteiger partial charge in [-0.2, -0.15) is 8.42 Å². The zero-order chi connectivity index (χ0) is 15.4. The Kier molecular flexibility index (Phi) is 15.8. The molecule has 5 nitrogen and oxygen atoms in total. The molecule has 0 rings (SSSR count). The maximum Gasteiger partial charge on any atom is 1.00 e. The molecule has 0 aliphatic heterocycles. The first-order valence-corrected chi connectivity index (χ1v) is 9.14. The Labute approximate surface area is 153 Å². The topological polar surface area (TPSA) is 83.5 Å². The summed E-state index contributed by atoms with van der Waals surface area (Å²) in [4.78, 5) is 11.4. The number of hydrogen-bond donors (Lipinski definition) is 2. The van der Waals surface area contributed by atoms with Crippen molar-refractivity contribution in [3.8, 4) is 0 Å². The van der Waals surface area contributed by atoms with E-state index in [0.29, 0.717) is 6.42 Å². The number of carbonyl (C=O) groups excluding carboxylic acids is 1. The van der Waals surface area contributed by atoms with Crippen LogP contribution >= 0.6 is 0 Å². The molecule has 122 valence electrons. The summed E-state index contributed by atoms with van der Waals surface area (Å²) in [5, 5.41) is 1.04. The Morgan fingerprint density at radius 1 is 1.05 bits per heavy atom. The summed E-state index contributed by atoms with van der Waals surface area (Å²) >= 11 is 0. The van der Waals surface area contributed by atoms with Crippen LogP contribution in [0.2, 0.25) is 0 Å². The van der Waals surface area contributed by atoms with Crippen molar-refractivity contribution in [2.45, 2.75) is 83.4 Å². The number of carbonyl (C=O) groups is 1. The summed E-state index contributed by atoms with van der Waals surface area (Å²) in [6, 6.07) is 0. The molecule has 1 atom stereocenters. The fourth-order valence-electron chi connectivity index (χ4n) is 1.97. The van der Waals surface area contributed by atoms with E-state index in [1.165, 1.54) is 45.4 Å². The van der Waals surface area contributed by atoms with Crippen LogP contribution in [0.1, 0.15) is 79.5 Å². The van der Waals surface area contributed by atoms with E-state index >= 15 is 0 Å². The zero-order valence-electron chi connectivity index (χ0n) is 14.7. The van der Waals surface area contributed by atoms with Gasteiger partial charge in [0, 0.05) is 6.42 Å². The fraction of sp³-hybridized carbons (Fsp3) is 0.929. The molecule has 1 amide bonds. The van der Waals surface area contributed by atoms with Crippen molar-refractivity contribution in [2.75, 3.05) is 0 Å². The zero-order valence-corrected chi connectivity index (χ0v) is 16.5. The van der Waals surface area contributed by atoms with E-state index in [9.17, 15) is 13.2 Å².